The van der Waals surface area contributed by atoms with E-state index in [-0.39, 0.29) is 12.0 Å². The van der Waals surface area contributed by atoms with E-state index in [1.165, 1.54) is 11.1 Å². The summed E-state index contributed by atoms with van der Waals surface area (Å²) in [6.45, 7) is 8.01. The molecule has 4 rings (SSSR count). The molecule has 0 aliphatic carbocycles. The van der Waals surface area contributed by atoms with Gasteiger partial charge in [-0.25, -0.2) is 4.98 Å². The smallest absolute Gasteiger partial charge is 0.273 e. The number of thiazole rings is 1. The van der Waals surface area contributed by atoms with Gasteiger partial charge >= 0.3 is 0 Å². The van der Waals surface area contributed by atoms with Crippen molar-refractivity contribution in [3.05, 3.63) is 46.5 Å². The number of piperidine rings is 2. The maximum absolute atomic E-state index is 12.8. The third kappa shape index (κ3) is 4.39. The molecule has 5 nitrogen and oxygen atoms in total. The number of aromatic nitrogens is 1. The monoisotopic (exact) mass is 399 g/mol. The second-order valence-corrected chi connectivity index (χ2v) is 8.83. The van der Waals surface area contributed by atoms with Crippen LogP contribution in [0.2, 0.25) is 0 Å². The van der Waals surface area contributed by atoms with Gasteiger partial charge in [-0.2, -0.15) is 0 Å². The largest absolute Gasteiger partial charge is 0.467 e. The normalized spacial score (nSPS) is 19.7. The van der Waals surface area contributed by atoms with Crippen molar-refractivity contribution in [3.8, 4) is 5.19 Å². The van der Waals surface area contributed by atoms with E-state index in [1.807, 2.05) is 28.5 Å². The predicted molar refractivity (Wildman–Crippen MR) is 112 cm³/mol. The zero-order chi connectivity index (χ0) is 19.5. The molecule has 2 fully saturated rings. The highest BCUT2D eigenvalue weighted by atomic mass is 32.1. The summed E-state index contributed by atoms with van der Waals surface area (Å²) in [6.07, 6.45) is 6.32. The molecule has 0 bridgehead atoms. The number of carbonyl (C=O) groups excluding carboxylic acids is 1. The zero-order valence-electron chi connectivity index (χ0n) is 16.8. The lowest BCUT2D eigenvalue weighted by Crippen LogP contribution is -2.50. The lowest BCUT2D eigenvalue weighted by Gasteiger charge is -2.41. The summed E-state index contributed by atoms with van der Waals surface area (Å²) in [5.74, 6) is 0.178. The van der Waals surface area contributed by atoms with Crippen LogP contribution in [0, 0.1) is 13.8 Å². The quantitative estimate of drug-likeness (QED) is 0.782. The average Bonchev–Trinajstić information content (AvgIpc) is 3.23. The number of hydrogen-bond donors (Lipinski definition) is 0. The summed E-state index contributed by atoms with van der Waals surface area (Å²) in [4.78, 5) is 21.7. The molecule has 0 saturated carbocycles. The van der Waals surface area contributed by atoms with E-state index in [1.54, 1.807) is 17.5 Å². The summed E-state index contributed by atoms with van der Waals surface area (Å²) < 4.78 is 5.97. The van der Waals surface area contributed by atoms with Crippen molar-refractivity contribution in [2.24, 2.45) is 0 Å². The molecule has 150 valence electrons. The molecule has 1 amide bonds. The number of rotatable bonds is 4. The Bertz CT molecular complexity index is 792. The van der Waals surface area contributed by atoms with Gasteiger partial charge in [-0.05, 0) is 62.8 Å². The molecular formula is C22H29N3O2S. The van der Waals surface area contributed by atoms with E-state index in [4.69, 9.17) is 4.74 Å². The number of carbonyl (C=O) groups is 1. The lowest BCUT2D eigenvalue weighted by molar-refractivity contribution is 0.0425. The third-order valence-corrected chi connectivity index (χ3v) is 6.84. The first-order valence-corrected chi connectivity index (χ1v) is 11.1. The van der Waals surface area contributed by atoms with E-state index in [9.17, 15) is 4.79 Å². The van der Waals surface area contributed by atoms with E-state index < -0.39 is 0 Å². The average molecular weight is 400 g/mol. The highest BCUT2D eigenvalue weighted by Crippen LogP contribution is 2.25. The third-order valence-electron chi connectivity index (χ3n) is 6.18. The molecule has 0 unspecified atom stereocenters. The molecule has 28 heavy (non-hydrogen) atoms. The SMILES string of the molecule is Cc1ccc(C(=O)N2CCC(N3CCC(Oc4nccs4)CC3)CC2)cc1C. The van der Waals surface area contributed by atoms with Gasteiger partial charge in [-0.15, -0.1) is 0 Å². The standard InChI is InChI=1S/C22H29N3O2S/c1-16-3-4-18(15-17(16)2)21(26)25-10-5-19(6-11-25)24-12-7-20(8-13-24)27-22-23-9-14-28-22/h3-4,9,14-15,19-20H,5-8,10-13H2,1-2H3. The fourth-order valence-electron chi connectivity index (χ4n) is 4.26. The number of amides is 1. The number of ether oxygens (including phenoxy) is 1. The van der Waals surface area contributed by atoms with Crippen molar-refractivity contribution in [2.75, 3.05) is 26.2 Å². The van der Waals surface area contributed by atoms with Crippen molar-refractivity contribution >= 4 is 17.2 Å². The highest BCUT2D eigenvalue weighted by molar-refractivity contribution is 7.11. The van der Waals surface area contributed by atoms with E-state index in [0.29, 0.717) is 6.04 Å². The Kier molecular flexibility index (Phi) is 5.97. The molecule has 2 aliphatic rings. The second-order valence-electron chi connectivity index (χ2n) is 7.97. The van der Waals surface area contributed by atoms with Gasteiger partial charge in [0.1, 0.15) is 6.10 Å². The predicted octanol–water partition coefficient (Wildman–Crippen LogP) is 3.91. The van der Waals surface area contributed by atoms with Crippen LogP contribution >= 0.6 is 11.3 Å². The number of nitrogens with zero attached hydrogens (tertiary/aromatic N) is 3. The lowest BCUT2D eigenvalue weighted by atomic mass is 9.98. The minimum atomic E-state index is 0.178. The van der Waals surface area contributed by atoms with Crippen LogP contribution in [-0.4, -0.2) is 59.0 Å². The summed E-state index contributed by atoms with van der Waals surface area (Å²) >= 11 is 1.56. The van der Waals surface area contributed by atoms with Crippen LogP contribution in [0.3, 0.4) is 0 Å². The topological polar surface area (TPSA) is 45.7 Å². The Labute approximate surface area is 171 Å². The van der Waals surface area contributed by atoms with Crippen molar-refractivity contribution in [3.63, 3.8) is 0 Å². The zero-order valence-corrected chi connectivity index (χ0v) is 17.6. The fraction of sp³-hybridized carbons (Fsp3) is 0.545. The van der Waals surface area contributed by atoms with Gasteiger partial charge in [0.15, 0.2) is 0 Å². The summed E-state index contributed by atoms with van der Waals surface area (Å²) in [5.41, 5.74) is 3.24. The first-order valence-electron chi connectivity index (χ1n) is 10.3. The maximum atomic E-state index is 12.8. The molecule has 2 aromatic rings. The van der Waals surface area contributed by atoms with Gasteiger partial charge in [0.25, 0.3) is 11.1 Å². The summed E-state index contributed by atoms with van der Waals surface area (Å²) in [6, 6.07) is 6.62. The van der Waals surface area contributed by atoms with Crippen molar-refractivity contribution in [1.82, 2.24) is 14.8 Å². The molecule has 6 heteroatoms. The van der Waals surface area contributed by atoms with Crippen LogP contribution in [0.5, 0.6) is 5.19 Å². The van der Waals surface area contributed by atoms with Crippen LogP contribution < -0.4 is 4.74 Å². The Morgan fingerprint density at radius 3 is 2.46 bits per heavy atom. The number of benzene rings is 1. The molecule has 0 radical (unpaired) electrons. The molecule has 0 spiro atoms. The molecular weight excluding hydrogens is 370 g/mol. The van der Waals surface area contributed by atoms with Crippen molar-refractivity contribution in [1.29, 1.82) is 0 Å². The van der Waals surface area contributed by atoms with Crippen molar-refractivity contribution in [2.45, 2.75) is 51.7 Å². The van der Waals surface area contributed by atoms with Crippen LogP contribution in [-0.2, 0) is 0 Å². The first kappa shape index (κ1) is 19.4. The fourth-order valence-corrected chi connectivity index (χ4v) is 4.81. The van der Waals surface area contributed by atoms with Gasteiger partial charge < -0.3 is 9.64 Å². The molecule has 2 aliphatic heterocycles. The van der Waals surface area contributed by atoms with E-state index in [2.05, 4.69) is 23.7 Å². The van der Waals surface area contributed by atoms with Crippen LogP contribution in [0.4, 0.5) is 0 Å². The first-order chi connectivity index (χ1) is 13.6. The second kappa shape index (κ2) is 8.62. The molecule has 3 heterocycles. The molecule has 0 atom stereocenters. The minimum Gasteiger partial charge on any atom is -0.467 e. The molecule has 1 aromatic heterocycles. The van der Waals surface area contributed by atoms with Crippen LogP contribution in [0.15, 0.2) is 29.8 Å². The summed E-state index contributed by atoms with van der Waals surface area (Å²) in [7, 11) is 0. The van der Waals surface area contributed by atoms with Gasteiger partial charge in [0.05, 0.1) is 0 Å². The molecule has 1 aromatic carbocycles. The number of aryl methyl sites for hydroxylation is 2. The van der Waals surface area contributed by atoms with Gasteiger partial charge in [-0.3, -0.25) is 9.69 Å². The molecule has 2 saturated heterocycles. The Morgan fingerprint density at radius 1 is 1.07 bits per heavy atom. The van der Waals surface area contributed by atoms with Gasteiger partial charge in [0, 0.05) is 49.4 Å². The highest BCUT2D eigenvalue weighted by Gasteiger charge is 2.30. The number of hydrogen-bond acceptors (Lipinski definition) is 5. The molecule has 0 N–H and O–H groups in total. The summed E-state index contributed by atoms with van der Waals surface area (Å²) in [5, 5.41) is 2.74. The Balaban J connectivity index is 1.25. The van der Waals surface area contributed by atoms with Crippen LogP contribution in [0.25, 0.3) is 0 Å². The van der Waals surface area contributed by atoms with Gasteiger partial charge in [-0.1, -0.05) is 17.4 Å². The maximum Gasteiger partial charge on any atom is 0.273 e. The van der Waals surface area contributed by atoms with Crippen molar-refractivity contribution < 1.29 is 9.53 Å². The van der Waals surface area contributed by atoms with Crippen LogP contribution in [0.1, 0.15) is 47.2 Å². The Hall–Kier alpha value is -1.92. The minimum absolute atomic E-state index is 0.178. The van der Waals surface area contributed by atoms with Gasteiger partial charge in [0.2, 0.25) is 0 Å². The Morgan fingerprint density at radius 2 is 1.82 bits per heavy atom. The number of likely N-dealkylation sites (tertiary alicyclic amines) is 2. The van der Waals surface area contributed by atoms with E-state index in [0.717, 1.165) is 62.6 Å². The van der Waals surface area contributed by atoms with E-state index >= 15 is 0 Å².